The zero-order valence-corrected chi connectivity index (χ0v) is 11.8. The van der Waals surface area contributed by atoms with Crippen molar-refractivity contribution in [1.29, 1.82) is 0 Å². The molecule has 0 unspecified atom stereocenters. The van der Waals surface area contributed by atoms with Gasteiger partial charge in [0.15, 0.2) is 23.1 Å². The second-order valence-electron chi connectivity index (χ2n) is 4.09. The third kappa shape index (κ3) is 8.25. The number of ether oxygens (including phenoxy) is 1. The van der Waals surface area contributed by atoms with Crippen LogP contribution in [0.1, 0.15) is 26.7 Å². The minimum Gasteiger partial charge on any atom is -0.504 e. The van der Waals surface area contributed by atoms with Gasteiger partial charge in [0.25, 0.3) is 0 Å². The summed E-state index contributed by atoms with van der Waals surface area (Å²) in [6.07, 6.45) is 3.21. The molecule has 0 amide bonds. The molecule has 0 aliphatic rings. The van der Waals surface area contributed by atoms with Crippen molar-refractivity contribution in [2.75, 3.05) is 6.61 Å². The molecule has 0 aliphatic carbocycles. The lowest BCUT2D eigenvalue weighted by Crippen LogP contribution is -2.10. The van der Waals surface area contributed by atoms with Gasteiger partial charge in [-0.2, -0.15) is 0 Å². The Morgan fingerprint density at radius 1 is 0.952 bits per heavy atom. The van der Waals surface area contributed by atoms with Crippen molar-refractivity contribution < 1.29 is 34.4 Å². The highest BCUT2D eigenvalue weighted by atomic mass is 16.5. The second kappa shape index (κ2) is 9.35. The summed E-state index contributed by atoms with van der Waals surface area (Å²) in [5.41, 5.74) is 0. The lowest BCUT2D eigenvalue weighted by atomic mass is 10.2. The molecule has 0 atom stereocenters. The number of unbranched alkanes of at least 4 members (excludes halogenated alkanes) is 1. The topological polar surface area (TPSA) is 121 Å². The number of ketones is 2. The summed E-state index contributed by atoms with van der Waals surface area (Å²) in [4.78, 5) is 33.3. The smallest absolute Gasteiger partial charge is 0.373 e. The molecule has 0 aromatic heterocycles. The molecule has 0 bridgehead atoms. The van der Waals surface area contributed by atoms with E-state index in [9.17, 15) is 29.7 Å². The molecule has 0 saturated heterocycles. The zero-order chi connectivity index (χ0) is 16.4. The number of esters is 1. The van der Waals surface area contributed by atoms with E-state index in [4.69, 9.17) is 0 Å². The molecule has 0 radical (unpaired) electrons. The van der Waals surface area contributed by atoms with Gasteiger partial charge in [0.05, 0.1) is 6.61 Å². The van der Waals surface area contributed by atoms with E-state index in [2.05, 4.69) is 4.74 Å². The molecule has 116 valence electrons. The first-order chi connectivity index (χ1) is 9.77. The number of aliphatic hydroxyl groups excluding tert-OH is 3. The minimum atomic E-state index is -1.06. The van der Waals surface area contributed by atoms with Crippen LogP contribution in [-0.4, -0.2) is 39.5 Å². The van der Waals surface area contributed by atoms with E-state index >= 15 is 0 Å². The van der Waals surface area contributed by atoms with Gasteiger partial charge in [0, 0.05) is 18.2 Å². The highest BCUT2D eigenvalue weighted by molar-refractivity contribution is 6.04. The van der Waals surface area contributed by atoms with Crippen molar-refractivity contribution in [2.45, 2.75) is 26.7 Å². The Morgan fingerprint density at radius 2 is 1.48 bits per heavy atom. The van der Waals surface area contributed by atoms with E-state index in [1.165, 1.54) is 0 Å². The van der Waals surface area contributed by atoms with E-state index in [1.54, 1.807) is 0 Å². The number of rotatable bonds is 8. The largest absolute Gasteiger partial charge is 0.504 e. The van der Waals surface area contributed by atoms with Crippen LogP contribution in [0.5, 0.6) is 0 Å². The summed E-state index contributed by atoms with van der Waals surface area (Å²) in [7, 11) is 0. The van der Waals surface area contributed by atoms with Crippen LogP contribution in [0.3, 0.4) is 0 Å². The molecular formula is C14H18O7. The average Bonchev–Trinajstić information content (AvgIpc) is 2.37. The normalized spacial score (nSPS) is 13.0. The zero-order valence-electron chi connectivity index (χ0n) is 11.8. The lowest BCUT2D eigenvalue weighted by Gasteiger charge is -2.02. The van der Waals surface area contributed by atoms with Gasteiger partial charge in [0.1, 0.15) is 0 Å². The fourth-order valence-electron chi connectivity index (χ4n) is 1.09. The molecule has 7 heteroatoms. The summed E-state index contributed by atoms with van der Waals surface area (Å²) < 4.78 is 4.65. The monoisotopic (exact) mass is 298 g/mol. The number of hydrogen-bond acceptors (Lipinski definition) is 7. The van der Waals surface area contributed by atoms with Crippen LogP contribution in [0.25, 0.3) is 0 Å². The molecule has 0 heterocycles. The quantitative estimate of drug-likeness (QED) is 0.205. The average molecular weight is 298 g/mol. The maximum absolute atomic E-state index is 11.4. The maximum atomic E-state index is 11.4. The Bertz CT molecular complexity index is 497. The van der Waals surface area contributed by atoms with Crippen molar-refractivity contribution in [2.24, 2.45) is 0 Å². The number of aliphatic hydroxyl groups is 3. The molecule has 0 aliphatic heterocycles. The highest BCUT2D eigenvalue weighted by Gasteiger charge is 2.11. The highest BCUT2D eigenvalue weighted by Crippen LogP contribution is 2.04. The molecular weight excluding hydrogens is 280 g/mol. The molecule has 0 saturated carbocycles. The van der Waals surface area contributed by atoms with Gasteiger partial charge in [-0.15, -0.1) is 0 Å². The summed E-state index contributed by atoms with van der Waals surface area (Å²) in [6.45, 7) is 3.15. The van der Waals surface area contributed by atoms with Crippen LogP contribution >= 0.6 is 0 Å². The minimum absolute atomic E-state index is 0.116. The van der Waals surface area contributed by atoms with Crippen molar-refractivity contribution in [3.8, 4) is 0 Å². The molecule has 3 N–H and O–H groups in total. The molecule has 0 aromatic rings. The van der Waals surface area contributed by atoms with Crippen molar-refractivity contribution >= 4 is 17.5 Å². The summed E-state index contributed by atoms with van der Waals surface area (Å²) >= 11 is 0. The molecule has 0 rings (SSSR count). The van der Waals surface area contributed by atoms with Gasteiger partial charge in [-0.1, -0.05) is 13.3 Å². The van der Waals surface area contributed by atoms with Crippen LogP contribution in [-0.2, 0) is 19.1 Å². The number of allylic oxidation sites excluding steroid dienone is 3. The predicted molar refractivity (Wildman–Crippen MR) is 73.7 cm³/mol. The van der Waals surface area contributed by atoms with E-state index in [1.807, 2.05) is 6.92 Å². The Labute approximate surface area is 121 Å². The van der Waals surface area contributed by atoms with E-state index in [0.717, 1.165) is 13.3 Å². The van der Waals surface area contributed by atoms with Crippen molar-refractivity contribution in [1.82, 2.24) is 0 Å². The Hall–Kier alpha value is -2.57. The van der Waals surface area contributed by atoms with Gasteiger partial charge >= 0.3 is 5.97 Å². The molecule has 21 heavy (non-hydrogen) atoms. The van der Waals surface area contributed by atoms with Gasteiger partial charge < -0.3 is 20.1 Å². The molecule has 7 nitrogen and oxygen atoms in total. The third-order valence-electron chi connectivity index (χ3n) is 2.10. The van der Waals surface area contributed by atoms with E-state index < -0.39 is 34.8 Å². The Morgan fingerprint density at radius 3 is 2.00 bits per heavy atom. The van der Waals surface area contributed by atoms with E-state index in [-0.39, 0.29) is 6.61 Å². The van der Waals surface area contributed by atoms with Crippen LogP contribution in [0.4, 0.5) is 0 Å². The van der Waals surface area contributed by atoms with Gasteiger partial charge in [-0.25, -0.2) is 4.79 Å². The number of carbonyl (C=O) groups is 3. The van der Waals surface area contributed by atoms with Gasteiger partial charge in [0.2, 0.25) is 5.76 Å². The summed E-state index contributed by atoms with van der Waals surface area (Å²) in [5.74, 6) is -5.13. The van der Waals surface area contributed by atoms with Gasteiger partial charge in [-0.3, -0.25) is 9.59 Å². The molecule has 0 spiro atoms. The van der Waals surface area contributed by atoms with Crippen LogP contribution in [0.2, 0.25) is 0 Å². The first kappa shape index (κ1) is 18.4. The number of hydrogen-bond donors (Lipinski definition) is 3. The van der Waals surface area contributed by atoms with Crippen LogP contribution in [0, 0.1) is 0 Å². The third-order valence-corrected chi connectivity index (χ3v) is 2.10. The second-order valence-corrected chi connectivity index (χ2v) is 4.09. The fraction of sp³-hybridized carbons (Fsp3) is 0.357. The predicted octanol–water partition coefficient (Wildman–Crippen LogP) is 1.81. The lowest BCUT2D eigenvalue weighted by molar-refractivity contribution is -0.142. The number of carbonyl (C=O) groups excluding carboxylic acids is 3. The standard InChI is InChI=1S/C14H18O7/c1-3-4-5-21-14(20)13(19)8-10(16)7-12(18)11(17)6-9(2)15/h6-8,17-19H,3-5H2,1-2H3/b11-6-,12-7-,13-8-. The first-order valence-corrected chi connectivity index (χ1v) is 6.22. The van der Waals surface area contributed by atoms with Crippen molar-refractivity contribution in [3.05, 3.63) is 35.5 Å². The summed E-state index contributed by atoms with van der Waals surface area (Å²) in [5, 5.41) is 27.8. The van der Waals surface area contributed by atoms with Crippen molar-refractivity contribution in [3.63, 3.8) is 0 Å². The first-order valence-electron chi connectivity index (χ1n) is 6.22. The van der Waals surface area contributed by atoms with E-state index in [0.29, 0.717) is 24.6 Å². The Balaban J connectivity index is 4.76. The summed E-state index contributed by atoms with van der Waals surface area (Å²) in [6, 6.07) is 0. The van der Waals surface area contributed by atoms with Crippen LogP contribution < -0.4 is 0 Å². The van der Waals surface area contributed by atoms with Crippen LogP contribution in [0.15, 0.2) is 35.5 Å². The molecule has 0 fully saturated rings. The van der Waals surface area contributed by atoms with Gasteiger partial charge in [-0.05, 0) is 13.3 Å². The Kier molecular flexibility index (Phi) is 8.21. The fourth-order valence-corrected chi connectivity index (χ4v) is 1.09. The molecule has 0 aromatic carbocycles. The maximum Gasteiger partial charge on any atom is 0.373 e. The SMILES string of the molecule is CCCCOC(=O)/C(O)=C/C(=O)/C=C(O)/C(O)=C/C(C)=O.